The van der Waals surface area contributed by atoms with Gasteiger partial charge >= 0.3 is 0 Å². The molecule has 0 unspecified atom stereocenters. The molecule has 0 amide bonds. The second kappa shape index (κ2) is 5.83. The first kappa shape index (κ1) is 14.5. The van der Waals surface area contributed by atoms with Crippen molar-refractivity contribution >= 4 is 41.1 Å². The first-order chi connectivity index (χ1) is 11.2. The van der Waals surface area contributed by atoms with Crippen molar-refractivity contribution in [3.05, 3.63) is 46.2 Å². The highest BCUT2D eigenvalue weighted by Crippen LogP contribution is 2.36. The van der Waals surface area contributed by atoms with Crippen LogP contribution in [0, 0.1) is 0 Å². The lowest BCUT2D eigenvalue weighted by molar-refractivity contribution is 0.481. The van der Waals surface area contributed by atoms with Crippen LogP contribution >= 0.6 is 23.2 Å². The lowest BCUT2D eigenvalue weighted by Crippen LogP contribution is -2.36. The van der Waals surface area contributed by atoms with Gasteiger partial charge in [-0.2, -0.15) is 0 Å². The van der Waals surface area contributed by atoms with Gasteiger partial charge in [0.15, 0.2) is 10.9 Å². The Bertz CT molecular complexity index is 835. The van der Waals surface area contributed by atoms with Gasteiger partial charge in [0.25, 0.3) is 0 Å². The number of pyridine rings is 1. The van der Waals surface area contributed by atoms with Crippen molar-refractivity contribution in [3.8, 4) is 11.5 Å². The van der Waals surface area contributed by atoms with Gasteiger partial charge in [-0.05, 0) is 24.6 Å². The minimum atomic E-state index is 0.217. The van der Waals surface area contributed by atoms with Gasteiger partial charge in [-0.3, -0.25) is 4.99 Å². The highest BCUT2D eigenvalue weighted by Gasteiger charge is 2.22. The zero-order valence-electron chi connectivity index (χ0n) is 12.0. The van der Waals surface area contributed by atoms with Crippen molar-refractivity contribution in [2.45, 2.75) is 6.42 Å². The summed E-state index contributed by atoms with van der Waals surface area (Å²) in [7, 11) is 0. The second-order valence-corrected chi connectivity index (χ2v) is 5.93. The van der Waals surface area contributed by atoms with Crippen LogP contribution in [0.15, 0.2) is 40.4 Å². The van der Waals surface area contributed by atoms with Gasteiger partial charge in [0.05, 0.1) is 12.0 Å². The predicted molar refractivity (Wildman–Crippen MR) is 91.7 cm³/mol. The molecule has 0 saturated carbocycles. The molecule has 2 aromatic rings. The van der Waals surface area contributed by atoms with Gasteiger partial charge in [0.1, 0.15) is 16.6 Å². The molecule has 0 N–H and O–H groups in total. The Hall–Kier alpha value is -2.11. The average molecular weight is 347 g/mol. The minimum Gasteiger partial charge on any atom is -0.456 e. The van der Waals surface area contributed by atoms with Crippen LogP contribution in [0.1, 0.15) is 12.0 Å². The fourth-order valence-corrected chi connectivity index (χ4v) is 2.88. The van der Waals surface area contributed by atoms with E-state index in [1.54, 1.807) is 12.3 Å². The molecule has 0 spiro atoms. The van der Waals surface area contributed by atoms with Gasteiger partial charge < -0.3 is 9.64 Å². The standard InChI is InChI=1S/C16H12Cl2N4O/c17-14-13(4-6-19-15(14)18)23-10-2-3-12-11(8-10)16-20-5-1-7-22(16)9-21-12/h2-4,6,8-9H,1,5,7H2. The van der Waals surface area contributed by atoms with Crippen LogP contribution < -0.4 is 4.74 Å². The summed E-state index contributed by atoms with van der Waals surface area (Å²) in [5.41, 5.74) is 1.84. The average Bonchev–Trinajstić information content (AvgIpc) is 2.59. The van der Waals surface area contributed by atoms with E-state index in [-0.39, 0.29) is 5.15 Å². The normalized spacial score (nSPS) is 15.7. The number of aromatic nitrogens is 1. The van der Waals surface area contributed by atoms with E-state index in [0.717, 1.165) is 36.6 Å². The number of rotatable bonds is 2. The zero-order valence-corrected chi connectivity index (χ0v) is 13.6. The lowest BCUT2D eigenvalue weighted by Gasteiger charge is -2.29. The van der Waals surface area contributed by atoms with E-state index >= 15 is 0 Å². The first-order valence-corrected chi connectivity index (χ1v) is 7.95. The van der Waals surface area contributed by atoms with E-state index < -0.39 is 0 Å². The maximum absolute atomic E-state index is 6.12. The van der Waals surface area contributed by atoms with Crippen LogP contribution in [-0.4, -0.2) is 35.1 Å². The quantitative estimate of drug-likeness (QED) is 0.761. The van der Waals surface area contributed by atoms with Crippen molar-refractivity contribution < 1.29 is 4.74 Å². The van der Waals surface area contributed by atoms with Crippen LogP contribution in [0.2, 0.25) is 10.2 Å². The molecule has 23 heavy (non-hydrogen) atoms. The van der Waals surface area contributed by atoms with E-state index in [4.69, 9.17) is 27.9 Å². The van der Waals surface area contributed by atoms with Crippen LogP contribution in [0.5, 0.6) is 11.5 Å². The minimum absolute atomic E-state index is 0.217. The van der Waals surface area contributed by atoms with Crippen molar-refractivity contribution in [2.24, 2.45) is 9.98 Å². The van der Waals surface area contributed by atoms with Gasteiger partial charge in [-0.1, -0.05) is 23.2 Å². The number of nitrogens with zero attached hydrogens (tertiary/aromatic N) is 4. The number of ether oxygens (including phenoxy) is 1. The fourth-order valence-electron chi connectivity index (χ4n) is 2.58. The summed E-state index contributed by atoms with van der Waals surface area (Å²) < 4.78 is 5.85. The number of hydrogen-bond donors (Lipinski definition) is 0. The van der Waals surface area contributed by atoms with Crippen molar-refractivity contribution in [1.82, 2.24) is 9.88 Å². The maximum atomic E-state index is 6.12. The fraction of sp³-hybridized carbons (Fsp3) is 0.188. The molecule has 0 bridgehead atoms. The van der Waals surface area contributed by atoms with E-state index in [0.29, 0.717) is 16.5 Å². The van der Waals surface area contributed by atoms with Gasteiger partial charge in [-0.15, -0.1) is 0 Å². The molecule has 5 nitrogen and oxygen atoms in total. The molecular weight excluding hydrogens is 335 g/mol. The van der Waals surface area contributed by atoms with Crippen LogP contribution in [0.4, 0.5) is 5.69 Å². The topological polar surface area (TPSA) is 50.1 Å². The van der Waals surface area contributed by atoms with Crippen LogP contribution in [-0.2, 0) is 0 Å². The summed E-state index contributed by atoms with van der Waals surface area (Å²) in [5, 5.41) is 0.510. The monoisotopic (exact) mass is 346 g/mol. The van der Waals surface area contributed by atoms with Gasteiger partial charge in [-0.25, -0.2) is 9.98 Å². The summed E-state index contributed by atoms with van der Waals surface area (Å²) >= 11 is 12.0. The Kier molecular flexibility index (Phi) is 3.67. The molecule has 1 aromatic carbocycles. The number of aliphatic imine (C=N–C) groups is 2. The molecule has 4 rings (SSSR count). The number of benzene rings is 1. The number of hydrogen-bond acceptors (Lipinski definition) is 5. The summed E-state index contributed by atoms with van der Waals surface area (Å²) in [5.74, 6) is 2.05. The number of halogens is 2. The predicted octanol–water partition coefficient (Wildman–Crippen LogP) is 4.31. The highest BCUT2D eigenvalue weighted by molar-refractivity contribution is 6.42. The van der Waals surface area contributed by atoms with E-state index in [9.17, 15) is 0 Å². The largest absolute Gasteiger partial charge is 0.456 e. The lowest BCUT2D eigenvalue weighted by atomic mass is 10.1. The van der Waals surface area contributed by atoms with Crippen LogP contribution in [0.3, 0.4) is 0 Å². The third-order valence-electron chi connectivity index (χ3n) is 3.67. The molecule has 2 aliphatic heterocycles. The van der Waals surface area contributed by atoms with Gasteiger partial charge in [0, 0.05) is 30.9 Å². The highest BCUT2D eigenvalue weighted by atomic mass is 35.5. The Balaban J connectivity index is 1.71. The molecule has 0 saturated heterocycles. The van der Waals surface area contributed by atoms with E-state index in [2.05, 4.69) is 19.9 Å². The summed E-state index contributed by atoms with van der Waals surface area (Å²) in [6.45, 7) is 1.76. The Morgan fingerprint density at radius 1 is 1.17 bits per heavy atom. The molecule has 0 radical (unpaired) electrons. The Labute approximate surface area is 143 Å². The van der Waals surface area contributed by atoms with E-state index in [1.807, 2.05) is 24.5 Å². The molecule has 116 valence electrons. The Morgan fingerprint density at radius 3 is 3.00 bits per heavy atom. The molecule has 2 aliphatic rings. The summed E-state index contributed by atoms with van der Waals surface area (Å²) in [4.78, 5) is 15.1. The van der Waals surface area contributed by atoms with E-state index in [1.165, 1.54) is 0 Å². The second-order valence-electron chi connectivity index (χ2n) is 5.19. The van der Waals surface area contributed by atoms with Crippen molar-refractivity contribution in [3.63, 3.8) is 0 Å². The van der Waals surface area contributed by atoms with Crippen molar-refractivity contribution in [1.29, 1.82) is 0 Å². The zero-order chi connectivity index (χ0) is 15.8. The molecule has 3 heterocycles. The molecule has 7 heteroatoms. The maximum Gasteiger partial charge on any atom is 0.151 e. The smallest absolute Gasteiger partial charge is 0.151 e. The molecule has 0 aliphatic carbocycles. The molecule has 1 aromatic heterocycles. The molecule has 0 atom stereocenters. The third-order valence-corrected chi connectivity index (χ3v) is 4.42. The number of amidine groups is 1. The molecule has 0 fully saturated rings. The summed E-state index contributed by atoms with van der Waals surface area (Å²) in [6.07, 6.45) is 4.42. The Morgan fingerprint density at radius 2 is 2.09 bits per heavy atom. The summed E-state index contributed by atoms with van der Waals surface area (Å²) in [6, 6.07) is 7.36. The first-order valence-electron chi connectivity index (χ1n) is 7.20. The third kappa shape index (κ3) is 2.66. The van der Waals surface area contributed by atoms with Crippen molar-refractivity contribution in [2.75, 3.05) is 13.1 Å². The molecular formula is C16H12Cl2N4O. The SMILES string of the molecule is Clc1nccc(Oc2ccc3c(c2)C2=NCCCN2C=N3)c1Cl. The van der Waals surface area contributed by atoms with Gasteiger partial charge in [0.2, 0.25) is 0 Å². The van der Waals surface area contributed by atoms with Crippen LogP contribution in [0.25, 0.3) is 0 Å². The number of fused-ring (bicyclic) bond motifs is 3.